The van der Waals surface area contributed by atoms with Gasteiger partial charge in [-0.1, -0.05) is 33.6 Å². The van der Waals surface area contributed by atoms with Crippen molar-refractivity contribution in [3.8, 4) is 0 Å². The molecule has 1 aliphatic heterocycles. The average Bonchev–Trinajstić information content (AvgIpc) is 2.60. The van der Waals surface area contributed by atoms with Crippen molar-refractivity contribution >= 4 is 6.98 Å². The van der Waals surface area contributed by atoms with E-state index in [1.165, 1.54) is 58.2 Å². The summed E-state index contributed by atoms with van der Waals surface area (Å²) in [6.45, 7) is 12.8. The van der Waals surface area contributed by atoms with Crippen LogP contribution in [0.4, 0.5) is 0 Å². The molecule has 15 heavy (non-hydrogen) atoms. The van der Waals surface area contributed by atoms with E-state index in [-0.39, 0.29) is 0 Å². The predicted molar refractivity (Wildman–Crippen MR) is 69.2 cm³/mol. The summed E-state index contributed by atoms with van der Waals surface area (Å²) < 4.78 is 0. The molecule has 0 aromatic carbocycles. The van der Waals surface area contributed by atoms with Crippen molar-refractivity contribution in [3.63, 3.8) is 0 Å². The molecule has 2 nitrogen and oxygen atoms in total. The van der Waals surface area contributed by atoms with Gasteiger partial charge in [0.25, 0.3) is 0 Å². The van der Waals surface area contributed by atoms with Crippen LogP contribution >= 0.6 is 0 Å². The summed E-state index contributed by atoms with van der Waals surface area (Å²) in [5.74, 6) is 0. The second-order valence-corrected chi connectivity index (χ2v) is 4.69. The number of nitrogens with zero attached hydrogens (tertiary/aromatic N) is 2. The number of hydrogen-bond donors (Lipinski definition) is 0. The van der Waals surface area contributed by atoms with Gasteiger partial charge in [-0.2, -0.15) is 0 Å². The largest absolute Gasteiger partial charge is 0.327 e. The molecule has 0 radical (unpaired) electrons. The summed E-state index contributed by atoms with van der Waals surface area (Å²) in [5.41, 5.74) is 0. The Labute approximate surface area is 96.1 Å². The molecule has 0 spiro atoms. The van der Waals surface area contributed by atoms with Gasteiger partial charge in [-0.3, -0.25) is 0 Å². The lowest BCUT2D eigenvalue weighted by Crippen LogP contribution is -2.44. The van der Waals surface area contributed by atoms with E-state index in [2.05, 4.69) is 30.4 Å². The molecular formula is C12H27BN2. The van der Waals surface area contributed by atoms with Gasteiger partial charge in [0.15, 0.2) is 0 Å². The molecule has 0 aromatic heterocycles. The summed E-state index contributed by atoms with van der Waals surface area (Å²) in [6, 6.07) is 0. The van der Waals surface area contributed by atoms with Crippen LogP contribution in [-0.4, -0.2) is 42.8 Å². The molecule has 3 heteroatoms. The smallest absolute Gasteiger partial charge is 0.310 e. The van der Waals surface area contributed by atoms with Crippen LogP contribution < -0.4 is 0 Å². The maximum Gasteiger partial charge on any atom is 0.310 e. The fourth-order valence-corrected chi connectivity index (χ4v) is 2.63. The summed E-state index contributed by atoms with van der Waals surface area (Å²) in [4.78, 5) is 5.37. The number of unbranched alkanes of at least 4 members (excludes halogenated alkanes) is 1. The maximum absolute atomic E-state index is 2.69. The first-order valence-electron chi connectivity index (χ1n) is 6.81. The van der Waals surface area contributed by atoms with Gasteiger partial charge in [-0.15, -0.1) is 0 Å². The third-order valence-corrected chi connectivity index (χ3v) is 3.35. The van der Waals surface area contributed by atoms with Gasteiger partial charge >= 0.3 is 6.98 Å². The zero-order valence-corrected chi connectivity index (χ0v) is 10.8. The Morgan fingerprint density at radius 2 is 1.40 bits per heavy atom. The van der Waals surface area contributed by atoms with E-state index in [4.69, 9.17) is 0 Å². The molecule has 1 rings (SSSR count). The standard InChI is InChI=1S/C12H27BN2/c1-4-7-8-13-14(9-5-2)11-12-15(13)10-6-3/h4-12H2,1-3H3. The predicted octanol–water partition coefficient (Wildman–Crippen LogP) is 2.71. The van der Waals surface area contributed by atoms with Crippen LogP contribution in [0.25, 0.3) is 0 Å². The fourth-order valence-electron chi connectivity index (χ4n) is 2.63. The molecule has 1 heterocycles. The van der Waals surface area contributed by atoms with Crippen molar-refractivity contribution < 1.29 is 0 Å². The third-order valence-electron chi connectivity index (χ3n) is 3.35. The van der Waals surface area contributed by atoms with Gasteiger partial charge in [-0.25, -0.2) is 0 Å². The van der Waals surface area contributed by atoms with E-state index >= 15 is 0 Å². The lowest BCUT2D eigenvalue weighted by molar-refractivity contribution is 0.461. The molecule has 0 aromatic rings. The van der Waals surface area contributed by atoms with E-state index in [0.29, 0.717) is 0 Å². The van der Waals surface area contributed by atoms with Crippen LogP contribution in [-0.2, 0) is 0 Å². The Kier molecular flexibility index (Phi) is 6.34. The molecular weight excluding hydrogens is 183 g/mol. The quantitative estimate of drug-likeness (QED) is 0.596. The molecule has 0 amide bonds. The zero-order chi connectivity index (χ0) is 11.1. The summed E-state index contributed by atoms with van der Waals surface area (Å²) in [7, 11) is 0. The van der Waals surface area contributed by atoms with Gasteiger partial charge in [0.2, 0.25) is 0 Å². The van der Waals surface area contributed by atoms with Crippen LogP contribution in [0.2, 0.25) is 6.32 Å². The highest BCUT2D eigenvalue weighted by atomic mass is 15.3. The maximum atomic E-state index is 2.69. The van der Waals surface area contributed by atoms with E-state index in [0.717, 1.165) is 6.98 Å². The summed E-state index contributed by atoms with van der Waals surface area (Å²) in [6.07, 6.45) is 6.67. The van der Waals surface area contributed by atoms with Crippen molar-refractivity contribution in [2.75, 3.05) is 26.2 Å². The highest BCUT2D eigenvalue weighted by Gasteiger charge is 2.34. The monoisotopic (exact) mass is 210 g/mol. The molecule has 88 valence electrons. The van der Waals surface area contributed by atoms with Crippen LogP contribution in [0.3, 0.4) is 0 Å². The first-order chi connectivity index (χ1) is 7.33. The lowest BCUT2D eigenvalue weighted by Gasteiger charge is -2.26. The van der Waals surface area contributed by atoms with Gasteiger partial charge < -0.3 is 9.62 Å². The van der Waals surface area contributed by atoms with Gasteiger partial charge in [0, 0.05) is 13.1 Å². The summed E-state index contributed by atoms with van der Waals surface area (Å²) >= 11 is 0. The lowest BCUT2D eigenvalue weighted by atomic mass is 9.68. The molecule has 0 aliphatic carbocycles. The van der Waals surface area contributed by atoms with Crippen LogP contribution in [0.15, 0.2) is 0 Å². The molecule has 1 fully saturated rings. The number of rotatable bonds is 7. The molecule has 1 aliphatic rings. The SMILES string of the molecule is CCCCB1N(CCC)CCN1CCC. The highest BCUT2D eigenvalue weighted by molar-refractivity contribution is 6.53. The van der Waals surface area contributed by atoms with Crippen molar-refractivity contribution in [3.05, 3.63) is 0 Å². The van der Waals surface area contributed by atoms with Gasteiger partial charge in [0.05, 0.1) is 0 Å². The number of hydrogen-bond acceptors (Lipinski definition) is 2. The second-order valence-electron chi connectivity index (χ2n) is 4.69. The van der Waals surface area contributed by atoms with Gasteiger partial charge in [-0.05, 0) is 32.3 Å². The molecule has 0 N–H and O–H groups in total. The average molecular weight is 210 g/mol. The van der Waals surface area contributed by atoms with E-state index in [1.807, 2.05) is 0 Å². The van der Waals surface area contributed by atoms with Crippen molar-refractivity contribution in [2.24, 2.45) is 0 Å². The van der Waals surface area contributed by atoms with Crippen molar-refractivity contribution in [1.82, 2.24) is 9.62 Å². The topological polar surface area (TPSA) is 6.48 Å². The Morgan fingerprint density at radius 3 is 1.80 bits per heavy atom. The normalized spacial score (nSPS) is 19.0. The van der Waals surface area contributed by atoms with Crippen molar-refractivity contribution in [2.45, 2.75) is 52.8 Å². The van der Waals surface area contributed by atoms with E-state index in [1.54, 1.807) is 0 Å². The Morgan fingerprint density at radius 1 is 0.867 bits per heavy atom. The molecule has 0 bridgehead atoms. The van der Waals surface area contributed by atoms with Crippen LogP contribution in [0.1, 0.15) is 46.5 Å². The molecule has 0 saturated carbocycles. The van der Waals surface area contributed by atoms with Gasteiger partial charge in [0.1, 0.15) is 0 Å². The highest BCUT2D eigenvalue weighted by Crippen LogP contribution is 2.17. The van der Waals surface area contributed by atoms with Crippen LogP contribution in [0.5, 0.6) is 0 Å². The Balaban J connectivity index is 2.44. The molecule has 1 saturated heterocycles. The third kappa shape index (κ3) is 3.80. The molecule has 0 atom stereocenters. The second kappa shape index (κ2) is 7.29. The zero-order valence-electron chi connectivity index (χ0n) is 10.8. The first kappa shape index (κ1) is 13.1. The minimum absolute atomic E-state index is 0.754. The minimum Gasteiger partial charge on any atom is -0.327 e. The first-order valence-corrected chi connectivity index (χ1v) is 6.81. The Bertz CT molecular complexity index is 150. The van der Waals surface area contributed by atoms with E-state index < -0.39 is 0 Å². The fraction of sp³-hybridized carbons (Fsp3) is 1.00. The van der Waals surface area contributed by atoms with Crippen LogP contribution in [0, 0.1) is 0 Å². The molecule has 0 unspecified atom stereocenters. The van der Waals surface area contributed by atoms with Crippen molar-refractivity contribution in [1.29, 1.82) is 0 Å². The summed E-state index contributed by atoms with van der Waals surface area (Å²) in [5, 5.41) is 0. The minimum atomic E-state index is 0.754. The Hall–Kier alpha value is -0.0151. The van der Waals surface area contributed by atoms with E-state index in [9.17, 15) is 0 Å².